The van der Waals surface area contributed by atoms with Crippen LogP contribution in [-0.2, 0) is 4.74 Å². The third-order valence-corrected chi connectivity index (χ3v) is 5.72. The number of ether oxygens (including phenoxy) is 2. The smallest absolute Gasteiger partial charge is 0.434 e. The van der Waals surface area contributed by atoms with E-state index in [1.807, 2.05) is 0 Å². The molecule has 6 nitrogen and oxygen atoms in total. The van der Waals surface area contributed by atoms with Crippen LogP contribution in [0.25, 0.3) is 0 Å². The first kappa shape index (κ1) is 27.9. The van der Waals surface area contributed by atoms with E-state index in [1.54, 1.807) is 0 Å². The zero-order chi connectivity index (χ0) is 23.3. The Hall–Kier alpha value is -2.11. The van der Waals surface area contributed by atoms with E-state index in [0.29, 0.717) is 6.61 Å². The lowest BCUT2D eigenvalue weighted by atomic mass is 10.0. The molecule has 182 valence electrons. The van der Waals surface area contributed by atoms with Gasteiger partial charge in [0.1, 0.15) is 5.75 Å². The fraction of sp³-hybridized carbons (Fsp3) is 0.731. The topological polar surface area (TPSA) is 78.7 Å². The van der Waals surface area contributed by atoms with Crippen LogP contribution in [0.1, 0.15) is 116 Å². The number of unbranched alkanes of at least 4 members (excludes halogenated alkanes) is 16. The normalized spacial score (nSPS) is 10.8. The first-order chi connectivity index (χ1) is 15.6. The number of rotatable bonds is 20. The lowest BCUT2D eigenvalue weighted by Crippen LogP contribution is -2.11. The van der Waals surface area contributed by atoms with Crippen LogP contribution in [0.15, 0.2) is 24.3 Å². The molecule has 0 aliphatic rings. The number of carbonyl (C=O) groups is 1. The number of nitrogens with zero attached hydrogens (tertiary/aromatic N) is 1. The van der Waals surface area contributed by atoms with Crippen molar-refractivity contribution in [2.24, 2.45) is 0 Å². The summed E-state index contributed by atoms with van der Waals surface area (Å²) in [7, 11) is 0. The van der Waals surface area contributed by atoms with Crippen molar-refractivity contribution in [1.29, 1.82) is 0 Å². The first-order valence-electron chi connectivity index (χ1n) is 12.7. The molecule has 32 heavy (non-hydrogen) atoms. The second-order valence-corrected chi connectivity index (χ2v) is 8.61. The van der Waals surface area contributed by atoms with Crippen LogP contribution in [0.2, 0.25) is 0 Å². The summed E-state index contributed by atoms with van der Waals surface area (Å²) in [4.78, 5) is 21.7. The van der Waals surface area contributed by atoms with Gasteiger partial charge >= 0.3 is 6.16 Å². The predicted octanol–water partition coefficient (Wildman–Crippen LogP) is 8.76. The summed E-state index contributed by atoms with van der Waals surface area (Å²) >= 11 is 0. The molecule has 0 radical (unpaired) electrons. The third kappa shape index (κ3) is 15.7. The van der Waals surface area contributed by atoms with Gasteiger partial charge in [0, 0.05) is 12.1 Å². The molecule has 1 rings (SSSR count). The average Bonchev–Trinajstić information content (AvgIpc) is 2.78. The minimum Gasteiger partial charge on any atom is -0.434 e. The molecule has 0 spiro atoms. The fourth-order valence-corrected chi connectivity index (χ4v) is 3.74. The Labute approximate surface area is 194 Å². The van der Waals surface area contributed by atoms with E-state index in [2.05, 4.69) is 6.92 Å². The van der Waals surface area contributed by atoms with Crippen molar-refractivity contribution < 1.29 is 19.2 Å². The SMILES string of the molecule is CCCCCCCCCCCCCCCCCCCOC(=O)Oc1ccc([N+](=O)[O-])cc1. The molecule has 0 fully saturated rings. The molecule has 1 aromatic carbocycles. The summed E-state index contributed by atoms with van der Waals surface area (Å²) in [5.74, 6) is 0.239. The summed E-state index contributed by atoms with van der Waals surface area (Å²) < 4.78 is 10.1. The van der Waals surface area contributed by atoms with E-state index in [-0.39, 0.29) is 11.4 Å². The predicted molar refractivity (Wildman–Crippen MR) is 129 cm³/mol. The lowest BCUT2D eigenvalue weighted by molar-refractivity contribution is -0.384. The summed E-state index contributed by atoms with van der Waals surface area (Å²) in [5, 5.41) is 10.6. The molecule has 1 aromatic rings. The summed E-state index contributed by atoms with van der Waals surface area (Å²) in [5.41, 5.74) is -0.0470. The highest BCUT2D eigenvalue weighted by Crippen LogP contribution is 2.18. The molecule has 6 heteroatoms. The van der Waals surface area contributed by atoms with Gasteiger partial charge in [-0.25, -0.2) is 4.79 Å². The van der Waals surface area contributed by atoms with Crippen LogP contribution in [0.5, 0.6) is 5.75 Å². The fourth-order valence-electron chi connectivity index (χ4n) is 3.74. The van der Waals surface area contributed by atoms with Crippen LogP contribution in [0.3, 0.4) is 0 Å². The van der Waals surface area contributed by atoms with Crippen molar-refractivity contribution in [3.05, 3.63) is 34.4 Å². The molecule has 0 unspecified atom stereocenters. The lowest BCUT2D eigenvalue weighted by Gasteiger charge is -2.06. The van der Waals surface area contributed by atoms with Gasteiger partial charge in [-0.2, -0.15) is 0 Å². The standard InChI is InChI=1S/C26H43NO5/c1-2-3-4-5-6-7-8-9-10-11-12-13-14-15-16-17-18-23-31-26(28)32-25-21-19-24(20-22-25)27(29)30/h19-22H,2-18,23H2,1H3. The number of carbonyl (C=O) groups excluding carboxylic acids is 1. The van der Waals surface area contributed by atoms with Crippen molar-refractivity contribution >= 4 is 11.8 Å². The molecule has 0 amide bonds. The van der Waals surface area contributed by atoms with Gasteiger partial charge in [0.05, 0.1) is 11.5 Å². The largest absolute Gasteiger partial charge is 0.513 e. The summed E-state index contributed by atoms with van der Waals surface area (Å²) in [6.07, 6.45) is 21.5. The Bertz CT molecular complexity index is 603. The molecule has 0 saturated heterocycles. The third-order valence-electron chi connectivity index (χ3n) is 5.72. The Morgan fingerprint density at radius 3 is 1.53 bits per heavy atom. The Morgan fingerprint density at radius 2 is 1.12 bits per heavy atom. The van der Waals surface area contributed by atoms with Crippen molar-refractivity contribution in [2.45, 2.75) is 116 Å². The quantitative estimate of drug-likeness (QED) is 0.0653. The number of benzene rings is 1. The first-order valence-corrected chi connectivity index (χ1v) is 12.7. The van der Waals surface area contributed by atoms with Gasteiger partial charge < -0.3 is 9.47 Å². The minimum absolute atomic E-state index is 0.0470. The molecule has 0 aliphatic carbocycles. The number of hydrogen-bond acceptors (Lipinski definition) is 5. The average molecular weight is 450 g/mol. The molecule has 0 heterocycles. The second kappa shape index (κ2) is 19.6. The van der Waals surface area contributed by atoms with Crippen LogP contribution in [0, 0.1) is 10.1 Å². The van der Waals surface area contributed by atoms with Crippen molar-refractivity contribution in [1.82, 2.24) is 0 Å². The summed E-state index contributed by atoms with van der Waals surface area (Å²) in [6, 6.07) is 5.35. The molecule has 0 N–H and O–H groups in total. The van der Waals surface area contributed by atoms with Crippen LogP contribution in [0.4, 0.5) is 10.5 Å². The van der Waals surface area contributed by atoms with Crippen LogP contribution >= 0.6 is 0 Å². The van der Waals surface area contributed by atoms with E-state index in [4.69, 9.17) is 9.47 Å². The number of nitro benzene ring substituents is 1. The molecule has 0 aromatic heterocycles. The number of non-ortho nitro benzene ring substituents is 1. The Kier molecular flexibility index (Phi) is 17.1. The zero-order valence-electron chi connectivity index (χ0n) is 20.0. The highest BCUT2D eigenvalue weighted by Gasteiger charge is 2.09. The highest BCUT2D eigenvalue weighted by atomic mass is 16.7. The van der Waals surface area contributed by atoms with E-state index in [9.17, 15) is 14.9 Å². The number of hydrogen-bond donors (Lipinski definition) is 0. The van der Waals surface area contributed by atoms with Gasteiger partial charge in [-0.05, 0) is 18.6 Å². The molecular weight excluding hydrogens is 406 g/mol. The maximum atomic E-state index is 11.6. The van der Waals surface area contributed by atoms with Crippen LogP contribution in [-0.4, -0.2) is 17.7 Å². The van der Waals surface area contributed by atoms with Crippen molar-refractivity contribution in [2.75, 3.05) is 6.61 Å². The van der Waals surface area contributed by atoms with E-state index in [1.165, 1.54) is 121 Å². The molecule has 0 saturated carbocycles. The Balaban J connectivity index is 1.82. The Morgan fingerprint density at radius 1 is 0.719 bits per heavy atom. The van der Waals surface area contributed by atoms with E-state index >= 15 is 0 Å². The van der Waals surface area contributed by atoms with Gasteiger partial charge in [-0.1, -0.05) is 110 Å². The molecule has 0 aliphatic heterocycles. The van der Waals surface area contributed by atoms with Gasteiger partial charge in [0.2, 0.25) is 0 Å². The van der Waals surface area contributed by atoms with Gasteiger partial charge in [-0.15, -0.1) is 0 Å². The second-order valence-electron chi connectivity index (χ2n) is 8.61. The monoisotopic (exact) mass is 449 g/mol. The molecule has 0 atom stereocenters. The number of nitro groups is 1. The van der Waals surface area contributed by atoms with Crippen LogP contribution < -0.4 is 4.74 Å². The van der Waals surface area contributed by atoms with E-state index < -0.39 is 11.1 Å². The van der Waals surface area contributed by atoms with Gasteiger partial charge in [-0.3, -0.25) is 10.1 Å². The van der Waals surface area contributed by atoms with Gasteiger partial charge in [0.25, 0.3) is 5.69 Å². The van der Waals surface area contributed by atoms with Crippen molar-refractivity contribution in [3.8, 4) is 5.75 Å². The van der Waals surface area contributed by atoms with E-state index in [0.717, 1.165) is 12.8 Å². The molecular formula is C26H43NO5. The van der Waals surface area contributed by atoms with Crippen molar-refractivity contribution in [3.63, 3.8) is 0 Å². The van der Waals surface area contributed by atoms with Gasteiger partial charge in [0.15, 0.2) is 0 Å². The maximum Gasteiger partial charge on any atom is 0.513 e. The molecule has 0 bridgehead atoms. The minimum atomic E-state index is -0.768. The highest BCUT2D eigenvalue weighted by molar-refractivity contribution is 5.63. The summed E-state index contributed by atoms with van der Waals surface area (Å²) in [6.45, 7) is 2.61. The maximum absolute atomic E-state index is 11.6. The zero-order valence-corrected chi connectivity index (χ0v) is 20.0.